The molecule has 3 heteroatoms. The Labute approximate surface area is 120 Å². The molecule has 2 aromatic carbocycles. The summed E-state index contributed by atoms with van der Waals surface area (Å²) >= 11 is 0. The molecular weight excluding hydrogens is 252 g/mol. The van der Waals surface area contributed by atoms with Gasteiger partial charge in [-0.25, -0.2) is 0 Å². The maximum Gasteiger partial charge on any atom is 0.122 e. The van der Waals surface area contributed by atoms with Crippen LogP contribution in [-0.2, 0) is 11.3 Å². The third-order valence-electron chi connectivity index (χ3n) is 2.88. The van der Waals surface area contributed by atoms with Crippen molar-refractivity contribution >= 4 is 0 Å². The lowest BCUT2D eigenvalue weighted by atomic mass is 10.2. The molecule has 0 aliphatic heterocycles. The fourth-order valence-electron chi connectivity index (χ4n) is 1.80. The number of benzene rings is 2. The van der Waals surface area contributed by atoms with E-state index in [-0.39, 0.29) is 0 Å². The van der Waals surface area contributed by atoms with Crippen LogP contribution in [0.4, 0.5) is 0 Å². The minimum absolute atomic E-state index is 0.525. The van der Waals surface area contributed by atoms with Crippen molar-refractivity contribution in [2.75, 3.05) is 20.3 Å². The van der Waals surface area contributed by atoms with Gasteiger partial charge in [0.15, 0.2) is 0 Å². The van der Waals surface area contributed by atoms with Crippen molar-refractivity contribution in [3.8, 4) is 11.5 Å². The first-order chi connectivity index (χ1) is 9.78. The smallest absolute Gasteiger partial charge is 0.122 e. The topological polar surface area (TPSA) is 27.7 Å². The Bertz CT molecular complexity index is 503. The van der Waals surface area contributed by atoms with Crippen LogP contribution in [0.1, 0.15) is 11.1 Å². The number of aryl methyl sites for hydroxylation is 1. The van der Waals surface area contributed by atoms with E-state index >= 15 is 0 Å². The first-order valence-electron chi connectivity index (χ1n) is 6.68. The van der Waals surface area contributed by atoms with Gasteiger partial charge >= 0.3 is 0 Å². The highest BCUT2D eigenvalue weighted by molar-refractivity contribution is 5.27. The minimum Gasteiger partial charge on any atom is -0.490 e. The maximum absolute atomic E-state index is 5.62. The quantitative estimate of drug-likeness (QED) is 0.721. The third kappa shape index (κ3) is 4.59. The third-order valence-corrected chi connectivity index (χ3v) is 2.88. The van der Waals surface area contributed by atoms with Gasteiger partial charge in [-0.15, -0.1) is 0 Å². The Hall–Kier alpha value is -2.00. The molecule has 0 saturated heterocycles. The van der Waals surface area contributed by atoms with Crippen molar-refractivity contribution in [1.29, 1.82) is 0 Å². The SMILES string of the molecule is COCc1ccc(OCCOc2ccc(C)cc2)cc1. The molecule has 0 heterocycles. The molecule has 2 aromatic rings. The second-order valence-electron chi connectivity index (χ2n) is 4.59. The summed E-state index contributed by atoms with van der Waals surface area (Å²) in [7, 11) is 1.69. The van der Waals surface area contributed by atoms with Gasteiger partial charge in [-0.2, -0.15) is 0 Å². The van der Waals surface area contributed by atoms with Gasteiger partial charge in [0, 0.05) is 7.11 Å². The zero-order chi connectivity index (χ0) is 14.2. The first-order valence-corrected chi connectivity index (χ1v) is 6.68. The number of ether oxygens (including phenoxy) is 3. The van der Waals surface area contributed by atoms with Crippen LogP contribution in [0.15, 0.2) is 48.5 Å². The molecule has 0 saturated carbocycles. The average Bonchev–Trinajstić information content (AvgIpc) is 2.47. The van der Waals surface area contributed by atoms with E-state index in [1.165, 1.54) is 5.56 Å². The monoisotopic (exact) mass is 272 g/mol. The number of hydrogen-bond acceptors (Lipinski definition) is 3. The fraction of sp³-hybridized carbons (Fsp3) is 0.294. The van der Waals surface area contributed by atoms with Crippen molar-refractivity contribution in [1.82, 2.24) is 0 Å². The summed E-state index contributed by atoms with van der Waals surface area (Å²) < 4.78 is 16.3. The Balaban J connectivity index is 1.71. The maximum atomic E-state index is 5.62. The van der Waals surface area contributed by atoms with Crippen molar-refractivity contribution < 1.29 is 14.2 Å². The largest absolute Gasteiger partial charge is 0.490 e. The molecule has 2 rings (SSSR count). The second-order valence-corrected chi connectivity index (χ2v) is 4.59. The lowest BCUT2D eigenvalue weighted by molar-refractivity contribution is 0.184. The van der Waals surface area contributed by atoms with Crippen LogP contribution in [0.2, 0.25) is 0 Å². The zero-order valence-electron chi connectivity index (χ0n) is 12.0. The van der Waals surface area contributed by atoms with Crippen LogP contribution in [0, 0.1) is 6.92 Å². The summed E-state index contributed by atoms with van der Waals surface area (Å²) in [5.74, 6) is 1.71. The van der Waals surface area contributed by atoms with Gasteiger partial charge < -0.3 is 14.2 Å². The van der Waals surface area contributed by atoms with Gasteiger partial charge in [-0.3, -0.25) is 0 Å². The molecule has 0 aliphatic carbocycles. The Morgan fingerprint density at radius 3 is 1.75 bits per heavy atom. The lowest BCUT2D eigenvalue weighted by Gasteiger charge is -2.09. The predicted octanol–water partition coefficient (Wildman–Crippen LogP) is 3.60. The lowest BCUT2D eigenvalue weighted by Crippen LogP contribution is -2.08. The van der Waals surface area contributed by atoms with Gasteiger partial charge in [0.05, 0.1) is 6.61 Å². The van der Waals surface area contributed by atoms with Gasteiger partial charge in [-0.1, -0.05) is 29.8 Å². The van der Waals surface area contributed by atoms with Crippen LogP contribution in [0.3, 0.4) is 0 Å². The Morgan fingerprint density at radius 2 is 1.25 bits per heavy atom. The van der Waals surface area contributed by atoms with E-state index in [1.807, 2.05) is 48.5 Å². The molecule has 0 radical (unpaired) electrons. The van der Waals surface area contributed by atoms with E-state index in [1.54, 1.807) is 7.11 Å². The van der Waals surface area contributed by atoms with Crippen LogP contribution >= 0.6 is 0 Å². The second kappa shape index (κ2) is 7.56. The van der Waals surface area contributed by atoms with Gasteiger partial charge in [-0.05, 0) is 36.8 Å². The van der Waals surface area contributed by atoms with Crippen LogP contribution in [-0.4, -0.2) is 20.3 Å². The minimum atomic E-state index is 0.525. The Kier molecular flexibility index (Phi) is 5.44. The van der Waals surface area contributed by atoms with E-state index in [0.29, 0.717) is 19.8 Å². The van der Waals surface area contributed by atoms with Crippen molar-refractivity contribution in [2.45, 2.75) is 13.5 Å². The molecule has 20 heavy (non-hydrogen) atoms. The average molecular weight is 272 g/mol. The summed E-state index contributed by atoms with van der Waals surface area (Å²) in [4.78, 5) is 0. The van der Waals surface area contributed by atoms with Crippen LogP contribution in [0.25, 0.3) is 0 Å². The highest BCUT2D eigenvalue weighted by Gasteiger charge is 1.97. The van der Waals surface area contributed by atoms with Crippen molar-refractivity contribution in [3.05, 3.63) is 59.7 Å². The molecule has 0 aliphatic rings. The molecule has 3 nitrogen and oxygen atoms in total. The molecule has 0 atom stereocenters. The van der Waals surface area contributed by atoms with E-state index in [9.17, 15) is 0 Å². The standard InChI is InChI=1S/C17H20O3/c1-14-3-7-16(8-4-14)19-11-12-20-17-9-5-15(6-10-17)13-18-2/h3-10H,11-13H2,1-2H3. The number of rotatable bonds is 7. The highest BCUT2D eigenvalue weighted by Crippen LogP contribution is 2.14. The molecule has 0 N–H and O–H groups in total. The van der Waals surface area contributed by atoms with Crippen molar-refractivity contribution in [2.24, 2.45) is 0 Å². The number of hydrogen-bond donors (Lipinski definition) is 0. The van der Waals surface area contributed by atoms with Crippen LogP contribution in [0.5, 0.6) is 11.5 Å². The normalized spacial score (nSPS) is 10.3. The van der Waals surface area contributed by atoms with E-state index in [4.69, 9.17) is 14.2 Å². The summed E-state index contributed by atoms with van der Waals surface area (Å²) in [5.41, 5.74) is 2.36. The molecule has 106 valence electrons. The van der Waals surface area contributed by atoms with Gasteiger partial charge in [0.2, 0.25) is 0 Å². The molecule has 0 fully saturated rings. The highest BCUT2D eigenvalue weighted by atomic mass is 16.5. The molecule has 0 unspecified atom stereocenters. The predicted molar refractivity (Wildman–Crippen MR) is 79.3 cm³/mol. The van der Waals surface area contributed by atoms with Gasteiger partial charge in [0.1, 0.15) is 24.7 Å². The fourth-order valence-corrected chi connectivity index (χ4v) is 1.80. The van der Waals surface area contributed by atoms with E-state index < -0.39 is 0 Å². The summed E-state index contributed by atoms with van der Waals surface area (Å²) in [6.07, 6.45) is 0. The Morgan fingerprint density at radius 1 is 0.750 bits per heavy atom. The molecule has 0 amide bonds. The van der Waals surface area contributed by atoms with Crippen LogP contribution < -0.4 is 9.47 Å². The van der Waals surface area contributed by atoms with Gasteiger partial charge in [0.25, 0.3) is 0 Å². The molecule has 0 spiro atoms. The molecule has 0 aromatic heterocycles. The molecular formula is C17H20O3. The first kappa shape index (κ1) is 14.4. The summed E-state index contributed by atoms with van der Waals surface area (Å²) in [6.45, 7) is 3.73. The van der Waals surface area contributed by atoms with E-state index in [2.05, 4.69) is 6.92 Å². The summed E-state index contributed by atoms with van der Waals surface area (Å²) in [6, 6.07) is 15.9. The summed E-state index contributed by atoms with van der Waals surface area (Å²) in [5, 5.41) is 0. The molecule has 0 bridgehead atoms. The van der Waals surface area contributed by atoms with E-state index in [0.717, 1.165) is 17.1 Å². The van der Waals surface area contributed by atoms with Crippen molar-refractivity contribution in [3.63, 3.8) is 0 Å². The zero-order valence-corrected chi connectivity index (χ0v) is 12.0. The number of methoxy groups -OCH3 is 1.